The lowest BCUT2D eigenvalue weighted by Crippen LogP contribution is -2.18. The van der Waals surface area contributed by atoms with Crippen LogP contribution in [0.4, 0.5) is 13.2 Å². The van der Waals surface area contributed by atoms with Crippen molar-refractivity contribution in [3.8, 4) is 0 Å². The summed E-state index contributed by atoms with van der Waals surface area (Å²) >= 11 is 0. The van der Waals surface area contributed by atoms with Crippen LogP contribution in [0.5, 0.6) is 0 Å². The second-order valence-electron chi connectivity index (χ2n) is 4.05. The lowest BCUT2D eigenvalue weighted by Gasteiger charge is -2.08. The van der Waals surface area contributed by atoms with E-state index in [1.165, 1.54) is 18.3 Å². The molecule has 0 fully saturated rings. The number of unbranched alkanes of at least 4 members (excludes halogenated alkanes) is 1. The quantitative estimate of drug-likeness (QED) is 0.751. The van der Waals surface area contributed by atoms with Gasteiger partial charge in [-0.05, 0) is 31.5 Å². The maximum absolute atomic E-state index is 11.9. The van der Waals surface area contributed by atoms with Crippen molar-refractivity contribution in [2.45, 2.75) is 32.0 Å². The van der Waals surface area contributed by atoms with Crippen LogP contribution in [-0.4, -0.2) is 28.8 Å². The van der Waals surface area contributed by atoms with E-state index in [0.29, 0.717) is 18.7 Å². The van der Waals surface area contributed by atoms with Crippen molar-refractivity contribution in [3.63, 3.8) is 0 Å². The Hall–Kier alpha value is -1.63. The summed E-state index contributed by atoms with van der Waals surface area (Å²) in [6.07, 6.45) is -2.98. The van der Waals surface area contributed by atoms with Crippen molar-refractivity contribution in [2.24, 2.45) is 0 Å². The van der Waals surface area contributed by atoms with Crippen LogP contribution in [0.1, 0.15) is 35.3 Å². The Bertz CT molecular complexity index is 422. The summed E-state index contributed by atoms with van der Waals surface area (Å²) in [5.41, 5.74) is 0.483. The minimum Gasteiger partial charge on any atom is -0.478 e. The van der Waals surface area contributed by atoms with E-state index in [9.17, 15) is 18.0 Å². The number of carboxylic acid groups (broad SMARTS) is 1. The summed E-state index contributed by atoms with van der Waals surface area (Å²) in [6, 6.07) is 2.96. The highest BCUT2D eigenvalue weighted by Gasteiger charge is 2.25. The third-order valence-electron chi connectivity index (χ3n) is 2.48. The van der Waals surface area contributed by atoms with E-state index in [1.54, 1.807) is 0 Å². The minimum atomic E-state index is -4.11. The molecule has 4 nitrogen and oxygen atoms in total. The molecule has 0 radical (unpaired) electrons. The monoisotopic (exact) mass is 276 g/mol. The molecule has 7 heteroatoms. The fraction of sp³-hybridized carbons (Fsp3) is 0.500. The largest absolute Gasteiger partial charge is 0.478 e. The Kier molecular flexibility index (Phi) is 5.75. The first-order valence-corrected chi connectivity index (χ1v) is 5.85. The third-order valence-corrected chi connectivity index (χ3v) is 2.48. The van der Waals surface area contributed by atoms with Gasteiger partial charge in [0.25, 0.3) is 0 Å². The maximum Gasteiger partial charge on any atom is 0.389 e. The fourth-order valence-corrected chi connectivity index (χ4v) is 1.56. The molecule has 0 spiro atoms. The molecule has 0 aliphatic carbocycles. The molecule has 1 rings (SSSR count). The minimum absolute atomic E-state index is 0.0600. The normalized spacial score (nSPS) is 11.5. The van der Waals surface area contributed by atoms with Crippen LogP contribution in [0.3, 0.4) is 0 Å². The van der Waals surface area contributed by atoms with Crippen LogP contribution < -0.4 is 5.32 Å². The van der Waals surface area contributed by atoms with Crippen molar-refractivity contribution in [1.82, 2.24) is 10.3 Å². The molecule has 0 atom stereocenters. The summed E-state index contributed by atoms with van der Waals surface area (Å²) in [5.74, 6) is -1.07. The lowest BCUT2D eigenvalue weighted by atomic mass is 10.2. The average molecular weight is 276 g/mol. The smallest absolute Gasteiger partial charge is 0.389 e. The van der Waals surface area contributed by atoms with Gasteiger partial charge in [-0.3, -0.25) is 4.98 Å². The molecular formula is C12H15F3N2O2. The van der Waals surface area contributed by atoms with Crippen LogP contribution in [0.15, 0.2) is 18.3 Å². The number of pyridine rings is 1. The molecule has 0 saturated carbocycles. The number of aromatic carboxylic acids is 1. The van der Waals surface area contributed by atoms with E-state index in [1.807, 2.05) is 0 Å². The molecule has 0 saturated heterocycles. The highest BCUT2D eigenvalue weighted by molar-refractivity contribution is 5.88. The first-order chi connectivity index (χ1) is 8.90. The number of hydrogen-bond donors (Lipinski definition) is 2. The van der Waals surface area contributed by atoms with Gasteiger partial charge < -0.3 is 10.4 Å². The van der Waals surface area contributed by atoms with Crippen molar-refractivity contribution < 1.29 is 23.1 Å². The zero-order chi connectivity index (χ0) is 14.3. The van der Waals surface area contributed by atoms with Crippen molar-refractivity contribution in [2.75, 3.05) is 6.54 Å². The van der Waals surface area contributed by atoms with Gasteiger partial charge in [-0.2, -0.15) is 13.2 Å². The van der Waals surface area contributed by atoms with Gasteiger partial charge in [-0.1, -0.05) is 0 Å². The summed E-state index contributed by atoms with van der Waals surface area (Å²) < 4.78 is 35.6. The molecule has 106 valence electrons. The molecule has 0 amide bonds. The Morgan fingerprint density at radius 3 is 2.74 bits per heavy atom. The molecular weight excluding hydrogens is 261 g/mol. The van der Waals surface area contributed by atoms with Gasteiger partial charge in [0, 0.05) is 19.2 Å². The van der Waals surface area contributed by atoms with Crippen molar-refractivity contribution >= 4 is 5.97 Å². The number of halogens is 3. The van der Waals surface area contributed by atoms with Gasteiger partial charge in [-0.15, -0.1) is 0 Å². The zero-order valence-electron chi connectivity index (χ0n) is 10.2. The molecule has 0 unspecified atom stereocenters. The third kappa shape index (κ3) is 6.19. The van der Waals surface area contributed by atoms with E-state index < -0.39 is 18.6 Å². The van der Waals surface area contributed by atoms with E-state index >= 15 is 0 Å². The summed E-state index contributed by atoms with van der Waals surface area (Å²) in [6.45, 7) is 0.625. The topological polar surface area (TPSA) is 62.2 Å². The predicted octanol–water partition coefficient (Wildman–Crippen LogP) is 2.60. The first kappa shape index (κ1) is 15.4. The van der Waals surface area contributed by atoms with Gasteiger partial charge in [0.2, 0.25) is 0 Å². The molecule has 0 aliphatic rings. The highest BCUT2D eigenvalue weighted by Crippen LogP contribution is 2.21. The van der Waals surface area contributed by atoms with E-state index in [-0.39, 0.29) is 18.5 Å². The maximum atomic E-state index is 11.9. The number of hydrogen-bond acceptors (Lipinski definition) is 3. The highest BCUT2D eigenvalue weighted by atomic mass is 19.4. The molecule has 0 aromatic carbocycles. The number of nitrogens with zero attached hydrogens (tertiary/aromatic N) is 1. The van der Waals surface area contributed by atoms with Gasteiger partial charge in [-0.25, -0.2) is 4.79 Å². The van der Waals surface area contributed by atoms with Crippen molar-refractivity contribution in [3.05, 3.63) is 29.6 Å². The van der Waals surface area contributed by atoms with E-state index in [4.69, 9.17) is 5.11 Å². The predicted molar refractivity (Wildman–Crippen MR) is 62.8 cm³/mol. The average Bonchev–Trinajstić information content (AvgIpc) is 2.32. The zero-order valence-corrected chi connectivity index (χ0v) is 10.2. The second kappa shape index (κ2) is 7.08. The molecule has 1 aromatic heterocycles. The van der Waals surface area contributed by atoms with Crippen LogP contribution in [0.2, 0.25) is 0 Å². The summed E-state index contributed by atoms with van der Waals surface area (Å²) in [7, 11) is 0. The molecule has 0 bridgehead atoms. The number of carbonyl (C=O) groups is 1. The number of aromatic nitrogens is 1. The number of alkyl halides is 3. The molecule has 0 aliphatic heterocycles. The first-order valence-electron chi connectivity index (χ1n) is 5.85. The SMILES string of the molecule is O=C(O)c1cccnc1CNCCCCC(F)(F)F. The summed E-state index contributed by atoms with van der Waals surface area (Å²) in [4.78, 5) is 14.8. The van der Waals surface area contributed by atoms with Crippen molar-refractivity contribution in [1.29, 1.82) is 0 Å². The van der Waals surface area contributed by atoms with Gasteiger partial charge in [0.15, 0.2) is 0 Å². The van der Waals surface area contributed by atoms with E-state index in [0.717, 1.165) is 0 Å². The Labute approximate surface area is 108 Å². The molecule has 1 aromatic rings. The Morgan fingerprint density at radius 2 is 2.11 bits per heavy atom. The second-order valence-corrected chi connectivity index (χ2v) is 4.05. The van der Waals surface area contributed by atoms with Gasteiger partial charge >= 0.3 is 12.1 Å². The fourth-order valence-electron chi connectivity index (χ4n) is 1.56. The molecule has 19 heavy (non-hydrogen) atoms. The van der Waals surface area contributed by atoms with Crippen LogP contribution in [0, 0.1) is 0 Å². The van der Waals surface area contributed by atoms with Crippen LogP contribution in [-0.2, 0) is 6.54 Å². The van der Waals surface area contributed by atoms with Crippen LogP contribution in [0.25, 0.3) is 0 Å². The Morgan fingerprint density at radius 1 is 1.37 bits per heavy atom. The van der Waals surface area contributed by atoms with Gasteiger partial charge in [0.1, 0.15) is 0 Å². The molecule has 1 heterocycles. The number of rotatable bonds is 7. The molecule has 2 N–H and O–H groups in total. The standard InChI is InChI=1S/C12H15F3N2O2/c13-12(14,15)5-1-2-6-16-8-10-9(11(18)19)4-3-7-17-10/h3-4,7,16H,1-2,5-6,8H2,(H,18,19). The number of carboxylic acids is 1. The van der Waals surface area contributed by atoms with Crippen LogP contribution >= 0.6 is 0 Å². The van der Waals surface area contributed by atoms with Gasteiger partial charge in [0.05, 0.1) is 11.3 Å². The van der Waals surface area contributed by atoms with E-state index in [2.05, 4.69) is 10.3 Å². The Balaban J connectivity index is 2.28. The lowest BCUT2D eigenvalue weighted by molar-refractivity contribution is -0.135. The number of nitrogens with one attached hydrogen (secondary N) is 1. The summed E-state index contributed by atoms with van der Waals surface area (Å²) in [5, 5.41) is 11.8.